The van der Waals surface area contributed by atoms with Crippen LogP contribution in [-0.2, 0) is 4.79 Å². The van der Waals surface area contributed by atoms with Gasteiger partial charge in [-0.15, -0.1) is 0 Å². The predicted octanol–water partition coefficient (Wildman–Crippen LogP) is 1.70. The molecule has 1 aromatic carbocycles. The molecule has 0 bridgehead atoms. The molecule has 2 rings (SSSR count). The van der Waals surface area contributed by atoms with Crippen LogP contribution in [0.1, 0.15) is 30.9 Å². The van der Waals surface area contributed by atoms with Gasteiger partial charge in [0.15, 0.2) is 0 Å². The zero-order valence-electron chi connectivity index (χ0n) is 9.43. The Labute approximate surface area is 96.2 Å². The monoisotopic (exact) mass is 218 g/mol. The van der Waals surface area contributed by atoms with Gasteiger partial charge >= 0.3 is 0 Å². The van der Waals surface area contributed by atoms with E-state index < -0.39 is 0 Å². The molecule has 1 saturated heterocycles. The number of likely N-dealkylation sites (tertiary alicyclic amines) is 1. The third kappa shape index (κ3) is 2.61. The molecule has 3 nitrogen and oxygen atoms in total. The molecule has 3 heteroatoms. The quantitative estimate of drug-likeness (QED) is 0.839. The lowest BCUT2D eigenvalue weighted by Crippen LogP contribution is -2.30. The fraction of sp³-hybridized carbons (Fsp3) is 0.462. The number of nitrogens with zero attached hydrogens (tertiary/aromatic N) is 1. The van der Waals surface area contributed by atoms with Crippen LogP contribution < -0.4 is 5.73 Å². The summed E-state index contributed by atoms with van der Waals surface area (Å²) in [6, 6.07) is 9.64. The minimum Gasteiger partial charge on any atom is -0.343 e. The first kappa shape index (κ1) is 11.1. The van der Waals surface area contributed by atoms with E-state index in [1.807, 2.05) is 35.2 Å². The van der Waals surface area contributed by atoms with Crippen molar-refractivity contribution in [1.29, 1.82) is 0 Å². The van der Waals surface area contributed by atoms with E-state index in [9.17, 15) is 4.79 Å². The van der Waals surface area contributed by atoms with Gasteiger partial charge < -0.3 is 10.6 Å². The van der Waals surface area contributed by atoms with Crippen LogP contribution in [0.5, 0.6) is 0 Å². The average molecular weight is 218 g/mol. The number of amides is 1. The number of carbonyl (C=O) groups excluding carboxylic acids is 1. The molecule has 1 aliphatic heterocycles. The molecular weight excluding hydrogens is 200 g/mol. The zero-order chi connectivity index (χ0) is 11.4. The predicted molar refractivity (Wildman–Crippen MR) is 63.8 cm³/mol. The van der Waals surface area contributed by atoms with Crippen LogP contribution in [0.4, 0.5) is 0 Å². The third-order valence-electron chi connectivity index (χ3n) is 3.08. The van der Waals surface area contributed by atoms with Gasteiger partial charge in [0.2, 0.25) is 5.91 Å². The van der Waals surface area contributed by atoms with E-state index in [0.29, 0.717) is 6.42 Å². The SMILES string of the molecule is N[C@@H](CC(=O)N1CCCC1)c1ccccc1. The van der Waals surface area contributed by atoms with Crippen molar-refractivity contribution in [2.24, 2.45) is 5.73 Å². The summed E-state index contributed by atoms with van der Waals surface area (Å²) in [5, 5.41) is 0. The summed E-state index contributed by atoms with van der Waals surface area (Å²) >= 11 is 0. The van der Waals surface area contributed by atoms with E-state index in [0.717, 1.165) is 31.5 Å². The fourth-order valence-electron chi connectivity index (χ4n) is 2.10. The van der Waals surface area contributed by atoms with Gasteiger partial charge in [-0.1, -0.05) is 30.3 Å². The van der Waals surface area contributed by atoms with Crippen molar-refractivity contribution in [3.63, 3.8) is 0 Å². The van der Waals surface area contributed by atoms with Crippen molar-refractivity contribution in [2.45, 2.75) is 25.3 Å². The summed E-state index contributed by atoms with van der Waals surface area (Å²) < 4.78 is 0. The van der Waals surface area contributed by atoms with Crippen LogP contribution in [0.2, 0.25) is 0 Å². The smallest absolute Gasteiger partial charge is 0.224 e. The minimum absolute atomic E-state index is 0.172. The number of hydrogen-bond acceptors (Lipinski definition) is 2. The Kier molecular flexibility index (Phi) is 3.57. The van der Waals surface area contributed by atoms with Crippen LogP contribution >= 0.6 is 0 Å². The Morgan fingerprint density at radius 1 is 1.25 bits per heavy atom. The van der Waals surface area contributed by atoms with Gasteiger partial charge in [-0.05, 0) is 18.4 Å². The lowest BCUT2D eigenvalue weighted by atomic mass is 10.0. The van der Waals surface area contributed by atoms with E-state index >= 15 is 0 Å². The lowest BCUT2D eigenvalue weighted by molar-refractivity contribution is -0.130. The molecule has 0 saturated carbocycles. The number of rotatable bonds is 3. The van der Waals surface area contributed by atoms with Crippen molar-refractivity contribution in [2.75, 3.05) is 13.1 Å². The van der Waals surface area contributed by atoms with Crippen LogP contribution in [0.3, 0.4) is 0 Å². The highest BCUT2D eigenvalue weighted by molar-refractivity contribution is 5.77. The van der Waals surface area contributed by atoms with Gasteiger partial charge in [-0.25, -0.2) is 0 Å². The van der Waals surface area contributed by atoms with Gasteiger partial charge in [0, 0.05) is 25.6 Å². The molecule has 86 valence electrons. The van der Waals surface area contributed by atoms with Crippen LogP contribution in [0.15, 0.2) is 30.3 Å². The Balaban J connectivity index is 1.92. The first-order valence-corrected chi connectivity index (χ1v) is 5.85. The molecule has 1 amide bonds. The molecule has 1 aliphatic rings. The number of benzene rings is 1. The molecule has 0 radical (unpaired) electrons. The summed E-state index contributed by atoms with van der Waals surface area (Å²) in [4.78, 5) is 13.8. The summed E-state index contributed by atoms with van der Waals surface area (Å²) in [6.07, 6.45) is 2.68. The molecule has 1 aromatic rings. The van der Waals surface area contributed by atoms with Gasteiger partial charge in [0.05, 0.1) is 0 Å². The molecule has 2 N–H and O–H groups in total. The lowest BCUT2D eigenvalue weighted by Gasteiger charge is -2.18. The molecule has 0 aromatic heterocycles. The van der Waals surface area contributed by atoms with Crippen LogP contribution in [0.25, 0.3) is 0 Å². The van der Waals surface area contributed by atoms with Crippen molar-refractivity contribution in [3.8, 4) is 0 Å². The second kappa shape index (κ2) is 5.12. The van der Waals surface area contributed by atoms with Crippen molar-refractivity contribution >= 4 is 5.91 Å². The van der Waals surface area contributed by atoms with E-state index in [-0.39, 0.29) is 11.9 Å². The molecule has 0 spiro atoms. The summed E-state index contributed by atoms with van der Waals surface area (Å²) in [5.41, 5.74) is 7.05. The normalized spacial score (nSPS) is 17.4. The number of carbonyl (C=O) groups is 1. The Bertz CT molecular complexity index is 344. The van der Waals surface area contributed by atoms with Crippen LogP contribution in [0, 0.1) is 0 Å². The highest BCUT2D eigenvalue weighted by atomic mass is 16.2. The van der Waals surface area contributed by atoms with Crippen molar-refractivity contribution in [3.05, 3.63) is 35.9 Å². The maximum absolute atomic E-state index is 11.9. The summed E-state index contributed by atoms with van der Waals surface area (Å²) in [7, 11) is 0. The maximum atomic E-state index is 11.9. The fourth-order valence-corrected chi connectivity index (χ4v) is 2.10. The number of nitrogens with two attached hydrogens (primary N) is 1. The number of hydrogen-bond donors (Lipinski definition) is 1. The second-order valence-corrected chi connectivity index (χ2v) is 4.31. The van der Waals surface area contributed by atoms with Gasteiger partial charge in [0.25, 0.3) is 0 Å². The van der Waals surface area contributed by atoms with Crippen molar-refractivity contribution in [1.82, 2.24) is 4.90 Å². The first-order valence-electron chi connectivity index (χ1n) is 5.85. The van der Waals surface area contributed by atoms with E-state index in [2.05, 4.69) is 0 Å². The minimum atomic E-state index is -0.172. The molecule has 1 fully saturated rings. The van der Waals surface area contributed by atoms with Gasteiger partial charge in [-0.2, -0.15) is 0 Å². The van der Waals surface area contributed by atoms with Crippen molar-refractivity contribution < 1.29 is 4.79 Å². The highest BCUT2D eigenvalue weighted by Crippen LogP contribution is 2.17. The standard InChI is InChI=1S/C13H18N2O/c14-12(11-6-2-1-3-7-11)10-13(16)15-8-4-5-9-15/h1-3,6-7,12H,4-5,8-10,14H2/t12-/m0/s1. The van der Waals surface area contributed by atoms with Gasteiger partial charge in [-0.3, -0.25) is 4.79 Å². The molecular formula is C13H18N2O. The summed E-state index contributed by atoms with van der Waals surface area (Å²) in [5.74, 6) is 0.189. The Hall–Kier alpha value is -1.35. The molecule has 16 heavy (non-hydrogen) atoms. The Morgan fingerprint density at radius 3 is 2.50 bits per heavy atom. The van der Waals surface area contributed by atoms with E-state index in [4.69, 9.17) is 5.73 Å². The van der Waals surface area contributed by atoms with Gasteiger partial charge in [0.1, 0.15) is 0 Å². The van der Waals surface area contributed by atoms with E-state index in [1.54, 1.807) is 0 Å². The molecule has 0 unspecified atom stereocenters. The topological polar surface area (TPSA) is 46.3 Å². The van der Waals surface area contributed by atoms with E-state index in [1.165, 1.54) is 0 Å². The Morgan fingerprint density at radius 2 is 1.88 bits per heavy atom. The molecule has 0 aliphatic carbocycles. The summed E-state index contributed by atoms with van der Waals surface area (Å²) in [6.45, 7) is 1.81. The molecule has 1 heterocycles. The zero-order valence-corrected chi connectivity index (χ0v) is 9.43. The maximum Gasteiger partial charge on any atom is 0.224 e. The second-order valence-electron chi connectivity index (χ2n) is 4.31. The highest BCUT2D eigenvalue weighted by Gasteiger charge is 2.20. The first-order chi connectivity index (χ1) is 7.77. The van der Waals surface area contributed by atoms with Crippen LogP contribution in [-0.4, -0.2) is 23.9 Å². The third-order valence-corrected chi connectivity index (χ3v) is 3.08. The molecule has 1 atom stereocenters. The largest absolute Gasteiger partial charge is 0.343 e. The average Bonchev–Trinajstić information content (AvgIpc) is 2.83.